The van der Waals surface area contributed by atoms with E-state index in [1.165, 1.54) is 16.1 Å². The second-order valence-electron chi connectivity index (χ2n) is 6.42. The van der Waals surface area contributed by atoms with Gasteiger partial charge in [-0.2, -0.15) is 0 Å². The van der Waals surface area contributed by atoms with Gasteiger partial charge in [-0.3, -0.25) is 0 Å². The molecule has 1 aromatic carbocycles. The number of aryl methyl sites for hydroxylation is 2. The first-order chi connectivity index (χ1) is 12.7. The Morgan fingerprint density at radius 3 is 2.96 bits per heavy atom. The van der Waals surface area contributed by atoms with E-state index >= 15 is 0 Å². The zero-order valence-corrected chi connectivity index (χ0v) is 16.7. The smallest absolute Gasteiger partial charge is 0.194 e. The van der Waals surface area contributed by atoms with Crippen LogP contribution >= 0.6 is 11.3 Å². The van der Waals surface area contributed by atoms with Gasteiger partial charge in [0.15, 0.2) is 5.96 Å². The minimum Gasteiger partial charge on any atom is -0.370 e. The minimum absolute atomic E-state index is 0.0831. The second-order valence-corrected chi connectivity index (χ2v) is 7.36. The number of hydrogen-bond donors (Lipinski definition) is 1. The van der Waals surface area contributed by atoms with Crippen molar-refractivity contribution in [3.8, 4) is 0 Å². The molecule has 2 heterocycles. The molecule has 1 atom stereocenters. The van der Waals surface area contributed by atoms with Crippen LogP contribution in [-0.4, -0.2) is 42.1 Å². The van der Waals surface area contributed by atoms with Crippen LogP contribution in [0.3, 0.4) is 0 Å². The van der Waals surface area contributed by atoms with E-state index in [0.717, 1.165) is 37.7 Å². The summed E-state index contributed by atoms with van der Waals surface area (Å²) >= 11 is 1.72. The van der Waals surface area contributed by atoms with Crippen molar-refractivity contribution >= 4 is 17.3 Å². The van der Waals surface area contributed by atoms with Gasteiger partial charge >= 0.3 is 0 Å². The lowest BCUT2D eigenvalue weighted by atomic mass is 10.0. The number of hydrogen-bond acceptors (Lipinski definition) is 4. The van der Waals surface area contributed by atoms with E-state index in [4.69, 9.17) is 9.73 Å². The molecule has 140 valence electrons. The van der Waals surface area contributed by atoms with Gasteiger partial charge < -0.3 is 15.0 Å². The predicted molar refractivity (Wildman–Crippen MR) is 108 cm³/mol. The van der Waals surface area contributed by atoms with Crippen molar-refractivity contribution < 1.29 is 4.74 Å². The first kappa shape index (κ1) is 18.9. The molecule has 5 nitrogen and oxygen atoms in total. The minimum atomic E-state index is 0.0831. The number of ether oxygens (including phenoxy) is 1. The van der Waals surface area contributed by atoms with Crippen LogP contribution < -0.4 is 5.32 Å². The Morgan fingerprint density at radius 1 is 1.38 bits per heavy atom. The molecule has 1 aliphatic heterocycles. The average molecular weight is 373 g/mol. The molecule has 3 rings (SSSR count). The fourth-order valence-electron chi connectivity index (χ4n) is 3.14. The Balaban J connectivity index is 1.72. The van der Waals surface area contributed by atoms with E-state index in [9.17, 15) is 0 Å². The molecular weight excluding hydrogens is 344 g/mol. The van der Waals surface area contributed by atoms with Crippen molar-refractivity contribution in [3.05, 3.63) is 51.5 Å². The van der Waals surface area contributed by atoms with Gasteiger partial charge in [0.1, 0.15) is 6.10 Å². The highest BCUT2D eigenvalue weighted by atomic mass is 32.1. The lowest BCUT2D eigenvalue weighted by Gasteiger charge is -2.35. The van der Waals surface area contributed by atoms with Crippen molar-refractivity contribution in [1.29, 1.82) is 0 Å². The number of aromatic nitrogens is 1. The van der Waals surface area contributed by atoms with Crippen molar-refractivity contribution in [1.82, 2.24) is 15.2 Å². The van der Waals surface area contributed by atoms with Gasteiger partial charge in [-0.15, -0.1) is 11.3 Å². The van der Waals surface area contributed by atoms with E-state index in [-0.39, 0.29) is 6.10 Å². The third-order valence-corrected chi connectivity index (χ3v) is 5.57. The van der Waals surface area contributed by atoms with Gasteiger partial charge in [0.05, 0.1) is 30.4 Å². The fraction of sp³-hybridized carbons (Fsp3) is 0.500. The molecule has 1 aliphatic rings. The molecule has 0 saturated carbocycles. The molecule has 2 aromatic rings. The van der Waals surface area contributed by atoms with E-state index in [1.54, 1.807) is 11.3 Å². The summed E-state index contributed by atoms with van der Waals surface area (Å²) in [5.41, 5.74) is 3.59. The Labute approximate surface area is 160 Å². The highest BCUT2D eigenvalue weighted by Gasteiger charge is 2.25. The van der Waals surface area contributed by atoms with Crippen molar-refractivity contribution in [2.45, 2.75) is 39.8 Å². The Bertz CT molecular complexity index is 743. The molecule has 0 aliphatic carbocycles. The van der Waals surface area contributed by atoms with E-state index < -0.39 is 0 Å². The van der Waals surface area contributed by atoms with E-state index in [2.05, 4.69) is 65.6 Å². The molecule has 6 heteroatoms. The molecule has 1 unspecified atom stereocenters. The number of aliphatic imine (C=N–C) groups is 1. The molecule has 1 saturated heterocycles. The summed E-state index contributed by atoms with van der Waals surface area (Å²) in [4.78, 5) is 11.7. The quantitative estimate of drug-likeness (QED) is 0.644. The summed E-state index contributed by atoms with van der Waals surface area (Å²) in [5.74, 6) is 0.945. The first-order valence-corrected chi connectivity index (χ1v) is 10.2. The summed E-state index contributed by atoms with van der Waals surface area (Å²) in [6.45, 7) is 10.2. The maximum atomic E-state index is 6.05. The maximum absolute atomic E-state index is 6.05. The van der Waals surface area contributed by atoms with E-state index in [1.807, 2.05) is 0 Å². The van der Waals surface area contributed by atoms with Crippen LogP contribution in [-0.2, 0) is 17.7 Å². The van der Waals surface area contributed by atoms with Crippen molar-refractivity contribution in [3.63, 3.8) is 0 Å². The van der Waals surface area contributed by atoms with Gasteiger partial charge in [0.25, 0.3) is 0 Å². The summed E-state index contributed by atoms with van der Waals surface area (Å²) < 4.78 is 6.05. The average Bonchev–Trinajstić information content (AvgIpc) is 3.14. The number of rotatable bonds is 5. The van der Waals surface area contributed by atoms with Crippen molar-refractivity contribution in [2.75, 3.05) is 26.2 Å². The lowest BCUT2D eigenvalue weighted by molar-refractivity contribution is -0.00834. The van der Waals surface area contributed by atoms with Crippen LogP contribution in [0.15, 0.2) is 34.6 Å². The monoisotopic (exact) mass is 372 g/mol. The SMILES string of the molecule is CCNC(=NCc1csc(CC)n1)N1CCOC(c2ccccc2C)C1. The summed E-state index contributed by atoms with van der Waals surface area (Å²) in [6.07, 6.45) is 1.07. The highest BCUT2D eigenvalue weighted by molar-refractivity contribution is 7.09. The molecule has 1 aromatic heterocycles. The predicted octanol–water partition coefficient (Wildman–Crippen LogP) is 3.55. The van der Waals surface area contributed by atoms with Gasteiger partial charge in [-0.25, -0.2) is 9.98 Å². The lowest BCUT2D eigenvalue weighted by Crippen LogP contribution is -2.48. The third kappa shape index (κ3) is 4.62. The highest BCUT2D eigenvalue weighted by Crippen LogP contribution is 2.25. The van der Waals surface area contributed by atoms with Crippen LogP contribution in [0.4, 0.5) is 0 Å². The van der Waals surface area contributed by atoms with Crippen LogP contribution in [0.1, 0.15) is 41.8 Å². The Kier molecular flexibility index (Phi) is 6.63. The van der Waals surface area contributed by atoms with Gasteiger partial charge in [0.2, 0.25) is 0 Å². The van der Waals surface area contributed by atoms with Gasteiger partial charge in [-0.05, 0) is 31.4 Å². The van der Waals surface area contributed by atoms with Crippen LogP contribution in [0.2, 0.25) is 0 Å². The maximum Gasteiger partial charge on any atom is 0.194 e. The molecule has 0 radical (unpaired) electrons. The summed E-state index contributed by atoms with van der Waals surface area (Å²) in [7, 11) is 0. The molecule has 1 fully saturated rings. The number of benzene rings is 1. The topological polar surface area (TPSA) is 49.8 Å². The number of guanidine groups is 1. The fourth-order valence-corrected chi connectivity index (χ4v) is 3.88. The first-order valence-electron chi connectivity index (χ1n) is 9.35. The largest absolute Gasteiger partial charge is 0.370 e. The normalized spacial score (nSPS) is 18.2. The second kappa shape index (κ2) is 9.14. The number of nitrogens with one attached hydrogen (secondary N) is 1. The third-order valence-electron chi connectivity index (χ3n) is 4.53. The molecule has 1 N–H and O–H groups in total. The number of morpholine rings is 1. The van der Waals surface area contributed by atoms with Gasteiger partial charge in [-0.1, -0.05) is 31.2 Å². The zero-order chi connectivity index (χ0) is 18.4. The standard InChI is InChI=1S/C20H28N4OS/c1-4-19-23-16(14-26-19)12-22-20(21-5-2)24-10-11-25-18(13-24)17-9-7-6-8-15(17)3/h6-9,14,18H,4-5,10-13H2,1-3H3,(H,21,22). The van der Waals surface area contributed by atoms with Crippen LogP contribution in [0.25, 0.3) is 0 Å². The van der Waals surface area contributed by atoms with Gasteiger partial charge in [0, 0.05) is 18.5 Å². The number of nitrogens with zero attached hydrogens (tertiary/aromatic N) is 3. The van der Waals surface area contributed by atoms with Crippen LogP contribution in [0.5, 0.6) is 0 Å². The number of thiazole rings is 1. The Morgan fingerprint density at radius 2 is 2.23 bits per heavy atom. The molecule has 0 amide bonds. The van der Waals surface area contributed by atoms with Crippen molar-refractivity contribution in [2.24, 2.45) is 4.99 Å². The summed E-state index contributed by atoms with van der Waals surface area (Å²) in [6, 6.07) is 8.46. The molecule has 0 bridgehead atoms. The molecule has 0 spiro atoms. The van der Waals surface area contributed by atoms with Crippen LogP contribution in [0, 0.1) is 6.92 Å². The Hall–Kier alpha value is -1.92. The van der Waals surface area contributed by atoms with E-state index in [0.29, 0.717) is 13.2 Å². The summed E-state index contributed by atoms with van der Waals surface area (Å²) in [5, 5.41) is 6.71. The zero-order valence-electron chi connectivity index (χ0n) is 15.9. The molecular formula is C20H28N4OS. The molecule has 26 heavy (non-hydrogen) atoms.